The number of nitrogens with zero attached hydrogens (tertiary/aromatic N) is 1. The maximum Gasteiger partial charge on any atom is 0.416 e. The van der Waals surface area contributed by atoms with Crippen LogP contribution in [0.3, 0.4) is 0 Å². The Kier molecular flexibility index (Phi) is 5.48. The van der Waals surface area contributed by atoms with Crippen molar-refractivity contribution in [3.8, 4) is 11.1 Å². The molecule has 1 aliphatic rings. The lowest BCUT2D eigenvalue weighted by Crippen LogP contribution is -2.27. The van der Waals surface area contributed by atoms with Gasteiger partial charge in [-0.25, -0.2) is 4.79 Å². The molecule has 1 atom stereocenters. The zero-order chi connectivity index (χ0) is 20.5. The number of benzene rings is 1. The van der Waals surface area contributed by atoms with Gasteiger partial charge in [-0.05, 0) is 56.9 Å². The molecule has 7 heteroatoms. The van der Waals surface area contributed by atoms with E-state index in [-0.39, 0.29) is 12.7 Å². The van der Waals surface area contributed by atoms with Crippen LogP contribution in [0.4, 0.5) is 13.2 Å². The third-order valence-electron chi connectivity index (χ3n) is 4.44. The Labute approximate surface area is 161 Å². The summed E-state index contributed by atoms with van der Waals surface area (Å²) in [4.78, 5) is 16.1. The van der Waals surface area contributed by atoms with Crippen molar-refractivity contribution < 1.29 is 27.4 Å². The Morgan fingerprint density at radius 2 is 1.82 bits per heavy atom. The third kappa shape index (κ3) is 4.70. The van der Waals surface area contributed by atoms with Gasteiger partial charge >= 0.3 is 12.1 Å². The molecule has 0 radical (unpaired) electrons. The normalized spacial score (nSPS) is 16.7. The molecule has 150 valence electrons. The number of carbonyl (C=O) groups excluding carboxylic acids is 1. The van der Waals surface area contributed by atoms with Gasteiger partial charge in [-0.2, -0.15) is 13.2 Å². The number of ether oxygens (including phenoxy) is 2. The van der Waals surface area contributed by atoms with Gasteiger partial charge in [0, 0.05) is 23.5 Å². The highest BCUT2D eigenvalue weighted by Gasteiger charge is 2.31. The molecule has 0 N–H and O–H groups in total. The first kappa shape index (κ1) is 20.3. The second-order valence-electron chi connectivity index (χ2n) is 7.75. The zero-order valence-corrected chi connectivity index (χ0v) is 16.0. The Bertz CT molecular complexity index is 855. The van der Waals surface area contributed by atoms with Gasteiger partial charge < -0.3 is 9.47 Å². The van der Waals surface area contributed by atoms with Crippen molar-refractivity contribution in [3.05, 3.63) is 53.3 Å². The molecule has 0 saturated carbocycles. The molecule has 1 unspecified atom stereocenters. The molecular weight excluding hydrogens is 371 g/mol. The van der Waals surface area contributed by atoms with E-state index in [9.17, 15) is 18.0 Å². The van der Waals surface area contributed by atoms with E-state index in [0.29, 0.717) is 18.4 Å². The van der Waals surface area contributed by atoms with Gasteiger partial charge in [-0.1, -0.05) is 12.1 Å². The summed E-state index contributed by atoms with van der Waals surface area (Å²) in [5.41, 5.74) is 2.05. The van der Waals surface area contributed by atoms with E-state index in [1.165, 1.54) is 12.1 Å². The van der Waals surface area contributed by atoms with Crippen molar-refractivity contribution in [2.24, 2.45) is 0 Å². The van der Waals surface area contributed by atoms with Gasteiger partial charge in [-0.3, -0.25) is 4.98 Å². The monoisotopic (exact) mass is 393 g/mol. The predicted molar refractivity (Wildman–Crippen MR) is 97.5 cm³/mol. The van der Waals surface area contributed by atoms with Crippen molar-refractivity contribution in [1.82, 2.24) is 4.98 Å². The van der Waals surface area contributed by atoms with Crippen molar-refractivity contribution in [2.75, 3.05) is 6.61 Å². The molecular formula is C21H22F3NO3. The van der Waals surface area contributed by atoms with Crippen molar-refractivity contribution in [2.45, 2.75) is 51.5 Å². The van der Waals surface area contributed by atoms with Crippen molar-refractivity contribution >= 4 is 5.97 Å². The topological polar surface area (TPSA) is 48.4 Å². The summed E-state index contributed by atoms with van der Waals surface area (Å²) in [5.74, 6) is -0.437. The number of hydrogen-bond donors (Lipinski definition) is 0. The zero-order valence-electron chi connectivity index (χ0n) is 16.0. The molecule has 4 nitrogen and oxygen atoms in total. The number of aromatic nitrogens is 1. The molecule has 1 aromatic carbocycles. The van der Waals surface area contributed by atoms with Crippen molar-refractivity contribution in [3.63, 3.8) is 0 Å². The fourth-order valence-electron chi connectivity index (χ4n) is 3.29. The number of alkyl halides is 3. The molecule has 28 heavy (non-hydrogen) atoms. The average Bonchev–Trinajstić information content (AvgIpc) is 3.01. The first-order valence-electron chi connectivity index (χ1n) is 9.02. The summed E-state index contributed by atoms with van der Waals surface area (Å²) in [6.07, 6.45) is 0.0676. The van der Waals surface area contributed by atoms with Crippen LogP contribution in [-0.2, 0) is 26.9 Å². The van der Waals surface area contributed by atoms with E-state index in [1.807, 2.05) is 0 Å². The summed E-state index contributed by atoms with van der Waals surface area (Å²) in [6.45, 7) is 5.20. The maximum atomic E-state index is 12.8. The molecule has 0 aliphatic heterocycles. The summed E-state index contributed by atoms with van der Waals surface area (Å²) < 4.78 is 49.3. The summed E-state index contributed by atoms with van der Waals surface area (Å²) in [6, 6.07) is 5.05. The van der Waals surface area contributed by atoms with Gasteiger partial charge in [0.2, 0.25) is 0 Å². The number of fused-ring (bicyclic) bond motifs is 1. The molecule has 1 heterocycles. The Morgan fingerprint density at radius 1 is 1.14 bits per heavy atom. The molecule has 0 saturated heterocycles. The molecule has 0 amide bonds. The minimum atomic E-state index is -4.37. The lowest BCUT2D eigenvalue weighted by Gasteiger charge is -2.20. The van der Waals surface area contributed by atoms with Gasteiger partial charge in [-0.15, -0.1) is 0 Å². The Balaban J connectivity index is 1.76. The number of carbonyl (C=O) groups is 1. The standard InChI is InChI=1S/C21H22F3NO3/c1-20(2,3)28-19(26)12-27-18-9-8-15-16(10-25-11-17(15)18)13-4-6-14(7-5-13)21(22,23)24/h4-7,10-11,18H,8-9,12H2,1-3H3. The van der Waals surface area contributed by atoms with Crippen LogP contribution in [-0.4, -0.2) is 23.2 Å². The highest BCUT2D eigenvalue weighted by molar-refractivity contribution is 5.71. The number of hydrogen-bond acceptors (Lipinski definition) is 4. The number of rotatable bonds is 4. The van der Waals surface area contributed by atoms with Crippen LogP contribution in [0.15, 0.2) is 36.7 Å². The van der Waals surface area contributed by atoms with Crippen LogP contribution in [0.1, 0.15) is 50.0 Å². The average molecular weight is 393 g/mol. The van der Waals surface area contributed by atoms with Crippen LogP contribution in [0.25, 0.3) is 11.1 Å². The second kappa shape index (κ2) is 7.54. The minimum Gasteiger partial charge on any atom is -0.458 e. The quantitative estimate of drug-likeness (QED) is 0.677. The largest absolute Gasteiger partial charge is 0.458 e. The molecule has 1 aromatic heterocycles. The van der Waals surface area contributed by atoms with Crippen LogP contribution in [0.5, 0.6) is 0 Å². The SMILES string of the molecule is CC(C)(C)OC(=O)COC1CCc2c(-c3ccc(C(F)(F)F)cc3)cncc21. The van der Waals surface area contributed by atoms with Gasteiger partial charge in [0.25, 0.3) is 0 Å². The number of halogens is 3. The molecule has 2 aromatic rings. The molecule has 1 aliphatic carbocycles. The Hall–Kier alpha value is -2.41. The van der Waals surface area contributed by atoms with Crippen LogP contribution >= 0.6 is 0 Å². The summed E-state index contributed by atoms with van der Waals surface area (Å²) in [7, 11) is 0. The van der Waals surface area contributed by atoms with Crippen LogP contribution in [0, 0.1) is 0 Å². The van der Waals surface area contributed by atoms with Gasteiger partial charge in [0.05, 0.1) is 11.7 Å². The highest BCUT2D eigenvalue weighted by Crippen LogP contribution is 2.39. The molecule has 0 bridgehead atoms. The maximum absolute atomic E-state index is 12.8. The molecule has 0 fully saturated rings. The van der Waals surface area contributed by atoms with Crippen LogP contribution in [0.2, 0.25) is 0 Å². The fourth-order valence-corrected chi connectivity index (χ4v) is 3.29. The molecule has 3 rings (SSSR count). The Morgan fingerprint density at radius 3 is 2.43 bits per heavy atom. The van der Waals surface area contributed by atoms with E-state index < -0.39 is 23.3 Å². The van der Waals surface area contributed by atoms with Gasteiger partial charge in [0.15, 0.2) is 0 Å². The number of pyridine rings is 1. The van der Waals surface area contributed by atoms with E-state index in [0.717, 1.165) is 28.8 Å². The number of esters is 1. The lowest BCUT2D eigenvalue weighted by molar-refractivity contribution is -0.162. The summed E-state index contributed by atoms with van der Waals surface area (Å²) >= 11 is 0. The highest BCUT2D eigenvalue weighted by atomic mass is 19.4. The lowest BCUT2D eigenvalue weighted by atomic mass is 9.98. The van der Waals surface area contributed by atoms with E-state index in [4.69, 9.17) is 9.47 Å². The molecule has 0 spiro atoms. The summed E-state index contributed by atoms with van der Waals surface area (Å²) in [5, 5.41) is 0. The predicted octanol–water partition coefficient (Wildman–Crippen LogP) is 5.11. The first-order valence-corrected chi connectivity index (χ1v) is 9.02. The smallest absolute Gasteiger partial charge is 0.416 e. The minimum absolute atomic E-state index is 0.161. The third-order valence-corrected chi connectivity index (χ3v) is 4.44. The van der Waals surface area contributed by atoms with E-state index >= 15 is 0 Å². The van der Waals surface area contributed by atoms with Crippen molar-refractivity contribution in [1.29, 1.82) is 0 Å². The van der Waals surface area contributed by atoms with E-state index in [2.05, 4.69) is 4.98 Å². The second-order valence-corrected chi connectivity index (χ2v) is 7.75. The van der Waals surface area contributed by atoms with E-state index in [1.54, 1.807) is 33.2 Å². The first-order chi connectivity index (χ1) is 13.0. The van der Waals surface area contributed by atoms with Crippen LogP contribution < -0.4 is 0 Å². The fraction of sp³-hybridized carbons (Fsp3) is 0.429. The van der Waals surface area contributed by atoms with Gasteiger partial charge in [0.1, 0.15) is 12.2 Å².